The number of benzene rings is 1. The second kappa shape index (κ2) is 7.16. The Morgan fingerprint density at radius 1 is 1.20 bits per heavy atom. The van der Waals surface area contributed by atoms with Crippen molar-refractivity contribution in [1.29, 1.82) is 0 Å². The molecule has 0 amide bonds. The smallest absolute Gasteiger partial charge is 0.228 e. The fourth-order valence-electron chi connectivity index (χ4n) is 3.23. The minimum absolute atomic E-state index is 0.304. The first kappa shape index (κ1) is 17.2. The zero-order valence-electron chi connectivity index (χ0n) is 14.3. The lowest BCUT2D eigenvalue weighted by Crippen LogP contribution is -2.34. The maximum atomic E-state index is 13.2. The molecule has 0 unspecified atom stereocenters. The molecule has 0 atom stereocenters. The molecule has 2 aromatic rings. The van der Waals surface area contributed by atoms with E-state index in [4.69, 9.17) is 11.6 Å². The van der Waals surface area contributed by atoms with Crippen LogP contribution in [0.5, 0.6) is 0 Å². The van der Waals surface area contributed by atoms with Gasteiger partial charge in [-0.05, 0) is 49.3 Å². The number of nitrogens with zero attached hydrogens (tertiary/aromatic N) is 4. The van der Waals surface area contributed by atoms with Gasteiger partial charge in [0.2, 0.25) is 5.95 Å². The molecule has 25 heavy (non-hydrogen) atoms. The normalized spacial score (nSPS) is 18.8. The second-order valence-corrected chi connectivity index (χ2v) is 8.43. The van der Waals surface area contributed by atoms with Crippen LogP contribution in [0, 0.1) is 11.7 Å². The van der Waals surface area contributed by atoms with E-state index in [-0.39, 0.29) is 5.82 Å². The second-order valence-electron chi connectivity index (χ2n) is 7.08. The molecule has 1 aliphatic heterocycles. The van der Waals surface area contributed by atoms with Crippen LogP contribution < -0.4 is 4.90 Å². The molecule has 1 aromatic carbocycles. The molecule has 0 N–H and O–H groups in total. The summed E-state index contributed by atoms with van der Waals surface area (Å²) in [7, 11) is 0. The maximum Gasteiger partial charge on any atom is 0.228 e. The molecule has 0 spiro atoms. The van der Waals surface area contributed by atoms with Gasteiger partial charge in [0, 0.05) is 29.9 Å². The highest BCUT2D eigenvalue weighted by molar-refractivity contribution is 7.98. The summed E-state index contributed by atoms with van der Waals surface area (Å²) in [5.41, 5.74) is 0.923. The summed E-state index contributed by atoms with van der Waals surface area (Å²) in [6, 6.07) is 5.09. The molecule has 0 radical (unpaired) electrons. The molecule has 4 rings (SSSR count). The molecule has 7 heteroatoms. The minimum Gasteiger partial charge on any atom is -0.341 e. The van der Waals surface area contributed by atoms with Crippen molar-refractivity contribution in [3.8, 4) is 0 Å². The lowest BCUT2D eigenvalue weighted by molar-refractivity contribution is 0.429. The van der Waals surface area contributed by atoms with Crippen LogP contribution >= 0.6 is 23.4 Å². The highest BCUT2D eigenvalue weighted by Crippen LogP contribution is 2.42. The van der Waals surface area contributed by atoms with Crippen molar-refractivity contribution < 1.29 is 4.39 Å². The number of hydrogen-bond donors (Lipinski definition) is 0. The summed E-state index contributed by atoms with van der Waals surface area (Å²) in [4.78, 5) is 2.38. The standard InChI is InChI=1S/C18H22ClFN4S/c1-12-6-8-23(9-7-12)17-21-22-18(24(17)15-4-5-15)25-11-13-2-3-14(20)10-16(13)19/h2-3,10,12,15H,4-9,11H2,1H3. The molecule has 134 valence electrons. The summed E-state index contributed by atoms with van der Waals surface area (Å²) in [6.07, 6.45) is 4.82. The van der Waals surface area contributed by atoms with E-state index in [0.29, 0.717) is 16.8 Å². The van der Waals surface area contributed by atoms with Gasteiger partial charge in [-0.1, -0.05) is 36.4 Å². The van der Waals surface area contributed by atoms with Crippen LogP contribution in [0.4, 0.5) is 10.3 Å². The van der Waals surface area contributed by atoms with Gasteiger partial charge < -0.3 is 4.90 Å². The van der Waals surface area contributed by atoms with Crippen molar-refractivity contribution in [2.24, 2.45) is 5.92 Å². The fraction of sp³-hybridized carbons (Fsp3) is 0.556. The van der Waals surface area contributed by atoms with Crippen molar-refractivity contribution in [2.45, 2.75) is 49.6 Å². The van der Waals surface area contributed by atoms with Crippen LogP contribution in [0.2, 0.25) is 5.02 Å². The molecule has 2 heterocycles. The molecular weight excluding hydrogens is 359 g/mol. The number of piperidine rings is 1. The average Bonchev–Trinajstić information content (AvgIpc) is 3.35. The van der Waals surface area contributed by atoms with E-state index in [1.807, 2.05) is 0 Å². The maximum absolute atomic E-state index is 13.2. The van der Waals surface area contributed by atoms with Crippen LogP contribution in [0.1, 0.15) is 44.2 Å². The Balaban J connectivity index is 1.52. The van der Waals surface area contributed by atoms with Crippen LogP contribution in [0.25, 0.3) is 0 Å². The Labute approximate surface area is 156 Å². The number of hydrogen-bond acceptors (Lipinski definition) is 4. The highest BCUT2D eigenvalue weighted by atomic mass is 35.5. The number of thioether (sulfide) groups is 1. The first-order valence-corrected chi connectivity index (χ1v) is 10.2. The fourth-order valence-corrected chi connectivity index (χ4v) is 4.54. The SMILES string of the molecule is CC1CCN(c2nnc(SCc3ccc(F)cc3Cl)n2C2CC2)CC1. The third kappa shape index (κ3) is 3.80. The van der Waals surface area contributed by atoms with Crippen molar-refractivity contribution in [3.05, 3.63) is 34.6 Å². The molecule has 4 nitrogen and oxygen atoms in total. The third-order valence-corrected chi connectivity index (χ3v) is 6.34. The van der Waals surface area contributed by atoms with E-state index in [0.717, 1.165) is 35.7 Å². The zero-order chi connectivity index (χ0) is 17.4. The minimum atomic E-state index is -0.304. The Hall–Kier alpha value is -1.27. The summed E-state index contributed by atoms with van der Waals surface area (Å²) in [6.45, 7) is 4.43. The number of halogens is 2. The Kier molecular flexibility index (Phi) is 4.91. The molecule has 1 aromatic heterocycles. The molecule has 2 aliphatic rings. The van der Waals surface area contributed by atoms with Gasteiger partial charge in [0.25, 0.3) is 0 Å². The first-order chi connectivity index (χ1) is 12.1. The molecule has 1 saturated carbocycles. The van der Waals surface area contributed by atoms with E-state index >= 15 is 0 Å². The molecule has 1 saturated heterocycles. The van der Waals surface area contributed by atoms with Gasteiger partial charge in [0.1, 0.15) is 5.82 Å². The van der Waals surface area contributed by atoms with Crippen molar-refractivity contribution in [1.82, 2.24) is 14.8 Å². The zero-order valence-corrected chi connectivity index (χ0v) is 15.9. The lowest BCUT2D eigenvalue weighted by atomic mass is 10.00. The summed E-state index contributed by atoms with van der Waals surface area (Å²) >= 11 is 7.78. The quantitative estimate of drug-likeness (QED) is 0.688. The van der Waals surface area contributed by atoms with Gasteiger partial charge in [-0.15, -0.1) is 10.2 Å². The summed E-state index contributed by atoms with van der Waals surface area (Å²) < 4.78 is 15.5. The van der Waals surface area contributed by atoms with Crippen LogP contribution in [0.3, 0.4) is 0 Å². The van der Waals surface area contributed by atoms with E-state index in [9.17, 15) is 4.39 Å². The van der Waals surface area contributed by atoms with Crippen molar-refractivity contribution >= 4 is 29.3 Å². The summed E-state index contributed by atoms with van der Waals surface area (Å²) in [5.74, 6) is 2.17. The molecule has 1 aliphatic carbocycles. The van der Waals surface area contributed by atoms with E-state index < -0.39 is 0 Å². The van der Waals surface area contributed by atoms with E-state index in [1.165, 1.54) is 37.8 Å². The number of aromatic nitrogens is 3. The van der Waals surface area contributed by atoms with Gasteiger partial charge >= 0.3 is 0 Å². The van der Waals surface area contributed by atoms with Gasteiger partial charge in [-0.3, -0.25) is 4.57 Å². The predicted molar refractivity (Wildman–Crippen MR) is 99.9 cm³/mol. The summed E-state index contributed by atoms with van der Waals surface area (Å²) in [5, 5.41) is 10.4. The molecule has 0 bridgehead atoms. The van der Waals surface area contributed by atoms with Gasteiger partial charge in [0.05, 0.1) is 0 Å². The average molecular weight is 381 g/mol. The predicted octanol–water partition coefficient (Wildman–Crippen LogP) is 4.93. The number of anilines is 1. The van der Waals surface area contributed by atoms with Gasteiger partial charge in [0.15, 0.2) is 5.16 Å². The first-order valence-electron chi connectivity index (χ1n) is 8.88. The Morgan fingerprint density at radius 2 is 1.96 bits per heavy atom. The number of rotatable bonds is 5. The van der Waals surface area contributed by atoms with Crippen LogP contribution in [-0.4, -0.2) is 27.9 Å². The third-order valence-electron chi connectivity index (χ3n) is 5.00. The van der Waals surface area contributed by atoms with Crippen molar-refractivity contribution in [2.75, 3.05) is 18.0 Å². The largest absolute Gasteiger partial charge is 0.341 e. The monoisotopic (exact) mass is 380 g/mol. The van der Waals surface area contributed by atoms with Gasteiger partial charge in [-0.25, -0.2) is 4.39 Å². The Morgan fingerprint density at radius 3 is 2.64 bits per heavy atom. The molecule has 2 fully saturated rings. The van der Waals surface area contributed by atoms with Gasteiger partial charge in [-0.2, -0.15) is 0 Å². The van der Waals surface area contributed by atoms with Crippen LogP contribution in [0.15, 0.2) is 23.4 Å². The highest BCUT2D eigenvalue weighted by Gasteiger charge is 2.32. The van der Waals surface area contributed by atoms with Crippen LogP contribution in [-0.2, 0) is 5.75 Å². The lowest BCUT2D eigenvalue weighted by Gasteiger charge is -2.31. The topological polar surface area (TPSA) is 34.0 Å². The Bertz CT molecular complexity index is 754. The molecular formula is C18H22ClFN4S. The van der Waals surface area contributed by atoms with E-state index in [2.05, 4.69) is 26.6 Å². The van der Waals surface area contributed by atoms with E-state index in [1.54, 1.807) is 17.8 Å². The van der Waals surface area contributed by atoms with Crippen molar-refractivity contribution in [3.63, 3.8) is 0 Å².